The number of aromatic nitrogens is 3. The molecule has 1 aliphatic heterocycles. The maximum atomic E-state index is 4.46. The molecule has 2 aromatic rings. The van der Waals surface area contributed by atoms with Crippen LogP contribution in [0.1, 0.15) is 55.5 Å². The van der Waals surface area contributed by atoms with E-state index in [2.05, 4.69) is 44.3 Å². The van der Waals surface area contributed by atoms with Gasteiger partial charge in [0.15, 0.2) is 0 Å². The van der Waals surface area contributed by atoms with Crippen molar-refractivity contribution in [2.24, 2.45) is 0 Å². The molecule has 1 fully saturated rings. The number of hydrogen-bond acceptors (Lipinski definition) is 3. The Balaban J connectivity index is 1.59. The predicted octanol–water partition coefficient (Wildman–Crippen LogP) is 3.54. The van der Waals surface area contributed by atoms with Gasteiger partial charge in [0.1, 0.15) is 12.2 Å². The van der Waals surface area contributed by atoms with Crippen LogP contribution in [0.25, 0.3) is 0 Å². The van der Waals surface area contributed by atoms with Crippen molar-refractivity contribution in [3.63, 3.8) is 0 Å². The molecule has 110 valence electrons. The summed E-state index contributed by atoms with van der Waals surface area (Å²) in [4.78, 5) is 0. The Hall–Kier alpha value is -1.84. The Bertz CT molecular complexity index is 613. The molecule has 1 unspecified atom stereocenters. The highest BCUT2D eigenvalue weighted by molar-refractivity contribution is 5.54. The molecule has 2 aliphatic rings. The van der Waals surface area contributed by atoms with E-state index in [-0.39, 0.29) is 0 Å². The third-order valence-corrected chi connectivity index (χ3v) is 4.96. The van der Waals surface area contributed by atoms with Gasteiger partial charge in [-0.25, -0.2) is 0 Å². The molecule has 4 nitrogen and oxygen atoms in total. The average Bonchev–Trinajstić information content (AvgIpc) is 3.05. The van der Waals surface area contributed by atoms with Crippen LogP contribution in [0.4, 0.5) is 5.69 Å². The summed E-state index contributed by atoms with van der Waals surface area (Å²) in [6.07, 6.45) is 9.64. The second-order valence-electron chi connectivity index (χ2n) is 6.33. The lowest BCUT2D eigenvalue weighted by Gasteiger charge is -2.29. The Labute approximate surface area is 125 Å². The number of hydrogen-bond donors (Lipinski definition) is 1. The van der Waals surface area contributed by atoms with E-state index in [0.29, 0.717) is 12.0 Å². The van der Waals surface area contributed by atoms with E-state index in [9.17, 15) is 0 Å². The first-order chi connectivity index (χ1) is 10.4. The summed E-state index contributed by atoms with van der Waals surface area (Å²) in [6.45, 7) is 0.961. The van der Waals surface area contributed by atoms with Crippen molar-refractivity contribution in [1.82, 2.24) is 14.8 Å². The van der Waals surface area contributed by atoms with E-state index in [1.807, 2.05) is 6.33 Å². The van der Waals surface area contributed by atoms with Crippen LogP contribution in [0.3, 0.4) is 0 Å². The lowest BCUT2D eigenvalue weighted by molar-refractivity contribution is 0.340. The molecule has 2 heterocycles. The van der Waals surface area contributed by atoms with Crippen molar-refractivity contribution < 1.29 is 0 Å². The molecule has 0 amide bonds. The fourth-order valence-electron chi connectivity index (χ4n) is 3.81. The van der Waals surface area contributed by atoms with Crippen LogP contribution in [-0.2, 0) is 6.42 Å². The molecule has 1 atom stereocenters. The molecule has 1 aromatic heterocycles. The van der Waals surface area contributed by atoms with E-state index in [1.54, 1.807) is 0 Å². The van der Waals surface area contributed by atoms with Crippen molar-refractivity contribution >= 4 is 5.69 Å². The minimum absolute atomic E-state index is 0.435. The fourth-order valence-corrected chi connectivity index (χ4v) is 3.81. The zero-order valence-electron chi connectivity index (χ0n) is 12.3. The van der Waals surface area contributed by atoms with Crippen LogP contribution in [0.15, 0.2) is 30.6 Å². The normalized spacial score (nSPS) is 22.6. The second-order valence-corrected chi connectivity index (χ2v) is 6.33. The van der Waals surface area contributed by atoms with Crippen molar-refractivity contribution in [3.8, 4) is 0 Å². The van der Waals surface area contributed by atoms with Crippen molar-refractivity contribution in [2.75, 3.05) is 11.9 Å². The summed E-state index contributed by atoms with van der Waals surface area (Å²) in [5.74, 6) is 1.60. The molecule has 0 spiro atoms. The van der Waals surface area contributed by atoms with Gasteiger partial charge in [-0.2, -0.15) is 0 Å². The van der Waals surface area contributed by atoms with Crippen LogP contribution < -0.4 is 5.32 Å². The first-order valence-electron chi connectivity index (χ1n) is 8.13. The van der Waals surface area contributed by atoms with Gasteiger partial charge in [-0.1, -0.05) is 37.5 Å². The molecule has 21 heavy (non-hydrogen) atoms. The van der Waals surface area contributed by atoms with Gasteiger partial charge in [-0.3, -0.25) is 0 Å². The van der Waals surface area contributed by atoms with Gasteiger partial charge < -0.3 is 9.88 Å². The molecular formula is C17H22N4. The zero-order valence-corrected chi connectivity index (χ0v) is 12.3. The van der Waals surface area contributed by atoms with E-state index >= 15 is 0 Å². The monoisotopic (exact) mass is 282 g/mol. The van der Waals surface area contributed by atoms with E-state index in [0.717, 1.165) is 13.0 Å². The number of rotatable bonds is 2. The molecule has 1 N–H and O–H groups in total. The zero-order chi connectivity index (χ0) is 14.1. The third kappa shape index (κ3) is 2.43. The number of nitrogens with one attached hydrogen (secondary N) is 1. The maximum Gasteiger partial charge on any atom is 0.138 e. The topological polar surface area (TPSA) is 42.7 Å². The lowest BCUT2D eigenvalue weighted by atomic mass is 9.91. The van der Waals surface area contributed by atoms with E-state index in [1.165, 1.54) is 49.2 Å². The predicted molar refractivity (Wildman–Crippen MR) is 83.5 cm³/mol. The van der Waals surface area contributed by atoms with Crippen LogP contribution in [-0.4, -0.2) is 21.3 Å². The van der Waals surface area contributed by atoms with E-state index in [4.69, 9.17) is 0 Å². The van der Waals surface area contributed by atoms with Gasteiger partial charge >= 0.3 is 0 Å². The summed E-state index contributed by atoms with van der Waals surface area (Å²) < 4.78 is 2.36. The average molecular weight is 282 g/mol. The molecule has 0 saturated heterocycles. The highest BCUT2D eigenvalue weighted by Crippen LogP contribution is 2.33. The Morgan fingerprint density at radius 2 is 1.95 bits per heavy atom. The van der Waals surface area contributed by atoms with Gasteiger partial charge in [0.25, 0.3) is 0 Å². The summed E-state index contributed by atoms with van der Waals surface area (Å²) in [5, 5.41) is 12.2. The number of anilines is 1. The Morgan fingerprint density at radius 3 is 2.86 bits per heavy atom. The number of fused-ring (bicyclic) bond motifs is 1. The number of benzene rings is 1. The van der Waals surface area contributed by atoms with Crippen LogP contribution in [0, 0.1) is 0 Å². The summed E-state index contributed by atoms with van der Waals surface area (Å²) in [7, 11) is 0. The largest absolute Gasteiger partial charge is 0.384 e. The molecule has 4 rings (SSSR count). The molecule has 1 aromatic carbocycles. The molecule has 1 saturated carbocycles. The standard InChI is InChI=1S/C17H22N4/c1-2-7-15(8-3-1)21-12-19-20-17(21)14-10-13-6-4-5-9-16(13)18-11-14/h4-6,9,12,14-15,18H,1-3,7-8,10-11H2. The Morgan fingerprint density at radius 1 is 1.10 bits per heavy atom. The molecule has 0 radical (unpaired) electrons. The fraction of sp³-hybridized carbons (Fsp3) is 0.529. The number of nitrogens with zero attached hydrogens (tertiary/aromatic N) is 3. The van der Waals surface area contributed by atoms with Gasteiger partial charge in [0.2, 0.25) is 0 Å². The summed E-state index contributed by atoms with van der Waals surface area (Å²) in [5.41, 5.74) is 2.67. The van der Waals surface area contributed by atoms with Crippen LogP contribution >= 0.6 is 0 Å². The molecule has 1 aliphatic carbocycles. The highest BCUT2D eigenvalue weighted by Gasteiger charge is 2.26. The van der Waals surface area contributed by atoms with Crippen LogP contribution in [0.5, 0.6) is 0 Å². The lowest BCUT2D eigenvalue weighted by Crippen LogP contribution is -2.26. The smallest absolute Gasteiger partial charge is 0.138 e. The minimum Gasteiger partial charge on any atom is -0.384 e. The molecule has 0 bridgehead atoms. The SMILES string of the molecule is c1ccc2c(c1)CC(c1nncn1C1CCCCC1)CN2. The first kappa shape index (κ1) is 12.9. The minimum atomic E-state index is 0.435. The number of para-hydroxylation sites is 1. The van der Waals surface area contributed by atoms with Crippen molar-refractivity contribution in [3.05, 3.63) is 42.0 Å². The molecular weight excluding hydrogens is 260 g/mol. The van der Waals surface area contributed by atoms with Gasteiger partial charge in [-0.15, -0.1) is 10.2 Å². The Kier molecular flexibility index (Phi) is 3.37. The van der Waals surface area contributed by atoms with E-state index < -0.39 is 0 Å². The first-order valence-corrected chi connectivity index (χ1v) is 8.13. The van der Waals surface area contributed by atoms with Gasteiger partial charge in [0.05, 0.1) is 0 Å². The molecule has 4 heteroatoms. The summed E-state index contributed by atoms with van der Waals surface area (Å²) >= 11 is 0. The van der Waals surface area contributed by atoms with Gasteiger partial charge in [0, 0.05) is 24.2 Å². The second kappa shape index (κ2) is 5.51. The summed E-state index contributed by atoms with van der Waals surface area (Å²) in [6, 6.07) is 9.21. The van der Waals surface area contributed by atoms with Crippen molar-refractivity contribution in [2.45, 2.75) is 50.5 Å². The quantitative estimate of drug-likeness (QED) is 0.916. The maximum absolute atomic E-state index is 4.46. The highest BCUT2D eigenvalue weighted by atomic mass is 15.3. The van der Waals surface area contributed by atoms with Gasteiger partial charge in [-0.05, 0) is 30.9 Å². The van der Waals surface area contributed by atoms with Crippen LogP contribution in [0.2, 0.25) is 0 Å². The van der Waals surface area contributed by atoms with Crippen molar-refractivity contribution in [1.29, 1.82) is 0 Å². The third-order valence-electron chi connectivity index (χ3n) is 4.96.